The van der Waals surface area contributed by atoms with Crippen LogP contribution in [0.25, 0.3) is 0 Å². The highest BCUT2D eigenvalue weighted by Crippen LogP contribution is 2.39. The molecule has 2 aromatic heterocycles. The molecule has 3 heterocycles. The van der Waals surface area contributed by atoms with Gasteiger partial charge < -0.3 is 14.2 Å². The minimum atomic E-state index is -4.20. The van der Waals surface area contributed by atoms with E-state index in [1.54, 1.807) is 0 Å². The van der Waals surface area contributed by atoms with Crippen LogP contribution < -0.4 is 14.2 Å². The molecule has 0 spiro atoms. The first-order chi connectivity index (χ1) is 20.0. The third-order valence-electron chi connectivity index (χ3n) is 6.44. The number of rotatable bonds is 12. The molecule has 1 aliphatic heterocycles. The van der Waals surface area contributed by atoms with Gasteiger partial charge in [-0.1, -0.05) is 29.3 Å². The lowest BCUT2D eigenvalue weighted by Gasteiger charge is -2.25. The van der Waals surface area contributed by atoms with E-state index in [9.17, 15) is 27.2 Å². The van der Waals surface area contributed by atoms with Gasteiger partial charge in [-0.2, -0.15) is 18.2 Å². The smallest absolute Gasteiger partial charge is 0.387 e. The minimum absolute atomic E-state index is 0.0176. The molecule has 0 radical (unpaired) electrons. The summed E-state index contributed by atoms with van der Waals surface area (Å²) in [5, 5.41) is 14.1. The summed E-state index contributed by atoms with van der Waals surface area (Å²) in [4.78, 5) is 17.2. The number of ether oxygens (including phenoxy) is 3. The van der Waals surface area contributed by atoms with Gasteiger partial charge in [0.15, 0.2) is 16.9 Å². The van der Waals surface area contributed by atoms with Gasteiger partial charge >= 0.3 is 12.6 Å². The first-order valence-corrected chi connectivity index (χ1v) is 15.8. The number of sulfonamides is 1. The van der Waals surface area contributed by atoms with Crippen molar-refractivity contribution >= 4 is 51.0 Å². The van der Waals surface area contributed by atoms with Crippen LogP contribution in [0, 0.1) is 5.92 Å². The van der Waals surface area contributed by atoms with Gasteiger partial charge in [0.2, 0.25) is 12.4 Å². The van der Waals surface area contributed by atoms with Crippen LogP contribution in [-0.2, 0) is 26.0 Å². The predicted molar refractivity (Wildman–Crippen MR) is 144 cm³/mol. The number of H-pyrrole nitrogens is 1. The second-order valence-corrected chi connectivity index (χ2v) is 13.2. The molecule has 18 heteroatoms. The summed E-state index contributed by atoms with van der Waals surface area (Å²) in [5.41, 5.74) is 0.622. The van der Waals surface area contributed by atoms with Gasteiger partial charge in [-0.05, 0) is 36.5 Å². The van der Waals surface area contributed by atoms with Crippen molar-refractivity contribution < 1.29 is 46.1 Å². The number of thioether (sulfide) groups is 1. The van der Waals surface area contributed by atoms with E-state index in [0.29, 0.717) is 27.5 Å². The van der Waals surface area contributed by atoms with Gasteiger partial charge in [-0.25, -0.2) is 23.3 Å². The average Bonchev–Trinajstić information content (AvgIpc) is 3.36. The normalized spacial score (nSPS) is 18.3. The Hall–Kier alpha value is -2.92. The summed E-state index contributed by atoms with van der Waals surface area (Å²) >= 11 is 13.7. The minimum Gasteiger partial charge on any atom is -0.489 e. The molecule has 1 saturated carbocycles. The standard InChI is InChI=1S/C24H24Cl2F2N5O7S2/c25-16-9-32(35)10-17(26)15(16)8-19(14-3-4-18(40-23(27)28)20(7-14)38-11-13-1-2-13)39-22(34)21-33(5-6-41-21)42(36,37)24-29-12-30-31-24/h3-4,7,9-10,12-13,19,21,23,35H,1-2,5-6,8,11H2,(H,29,30,31)/q+1/t19-,21-/m0/s1. The second-order valence-electron chi connectivity index (χ2n) is 9.41. The fraction of sp³-hybridized carbons (Fsp3) is 0.417. The van der Waals surface area contributed by atoms with Gasteiger partial charge in [0.05, 0.1) is 6.61 Å². The van der Waals surface area contributed by atoms with Crippen molar-refractivity contribution in [2.45, 2.75) is 42.5 Å². The molecular formula is C24H24Cl2F2N5O7S2+. The third kappa shape index (κ3) is 6.99. The van der Waals surface area contributed by atoms with Gasteiger partial charge in [0.25, 0.3) is 15.2 Å². The zero-order valence-corrected chi connectivity index (χ0v) is 24.7. The molecule has 1 aliphatic carbocycles. The third-order valence-corrected chi connectivity index (χ3v) is 10.1. The number of alkyl halides is 2. The number of pyridine rings is 1. The molecule has 226 valence electrons. The summed E-state index contributed by atoms with van der Waals surface area (Å²) in [6.45, 7) is -2.80. The van der Waals surface area contributed by atoms with Crippen molar-refractivity contribution in [1.82, 2.24) is 19.5 Å². The average molecular weight is 668 g/mol. The largest absolute Gasteiger partial charge is 0.489 e. The van der Waals surface area contributed by atoms with Gasteiger partial charge in [0, 0.05) is 29.0 Å². The maximum atomic E-state index is 13.5. The van der Waals surface area contributed by atoms with Crippen molar-refractivity contribution in [1.29, 1.82) is 0 Å². The topological polar surface area (TPSA) is 148 Å². The molecule has 2 N–H and O–H groups in total. The number of nitrogens with zero attached hydrogens (tertiary/aromatic N) is 4. The second kappa shape index (κ2) is 12.8. The highest BCUT2D eigenvalue weighted by Gasteiger charge is 2.43. The lowest BCUT2D eigenvalue weighted by Crippen LogP contribution is -2.41. The number of carbonyl (C=O) groups excluding carboxylic acids is 1. The van der Waals surface area contributed by atoms with Crippen molar-refractivity contribution in [3.05, 3.63) is 58.1 Å². The van der Waals surface area contributed by atoms with Crippen LogP contribution in [0.3, 0.4) is 0 Å². The number of benzene rings is 1. The summed E-state index contributed by atoms with van der Waals surface area (Å²) in [5.74, 6) is -0.468. The molecule has 0 unspecified atom stereocenters. The number of esters is 1. The molecule has 2 fully saturated rings. The van der Waals surface area contributed by atoms with Gasteiger partial charge in [0.1, 0.15) is 22.5 Å². The number of halogens is 4. The number of carbonyl (C=O) groups is 1. The van der Waals surface area contributed by atoms with E-state index in [2.05, 4.69) is 19.9 Å². The maximum Gasteiger partial charge on any atom is 0.387 e. The number of aromatic amines is 1. The van der Waals surface area contributed by atoms with Crippen LogP contribution in [0.5, 0.6) is 11.5 Å². The van der Waals surface area contributed by atoms with Crippen LogP contribution in [0.15, 0.2) is 42.1 Å². The van der Waals surface area contributed by atoms with E-state index in [1.165, 1.54) is 30.6 Å². The van der Waals surface area contributed by atoms with E-state index in [4.69, 9.17) is 32.7 Å². The fourth-order valence-electron chi connectivity index (χ4n) is 4.19. The first kappa shape index (κ1) is 30.5. The van der Waals surface area contributed by atoms with Crippen LogP contribution in [0.2, 0.25) is 10.0 Å². The monoisotopic (exact) mass is 666 g/mol. The Balaban J connectivity index is 1.47. The molecule has 0 amide bonds. The van der Waals surface area contributed by atoms with Crippen molar-refractivity contribution in [3.8, 4) is 11.5 Å². The van der Waals surface area contributed by atoms with Crippen LogP contribution in [0.1, 0.15) is 30.1 Å². The Morgan fingerprint density at radius 2 is 1.98 bits per heavy atom. The Morgan fingerprint density at radius 3 is 2.62 bits per heavy atom. The SMILES string of the molecule is O=C(O[C@@H](Cc1c(Cl)c[n+](O)cc1Cl)c1ccc(OC(F)F)c(OCC2CC2)c1)[C@@H]1SCCN1S(=O)(=O)c1ncn[nH]1. The molecule has 0 bridgehead atoms. The van der Waals surface area contributed by atoms with Crippen LogP contribution >= 0.6 is 35.0 Å². The van der Waals surface area contributed by atoms with Crippen molar-refractivity contribution in [2.24, 2.45) is 5.92 Å². The van der Waals surface area contributed by atoms with Crippen LogP contribution in [0.4, 0.5) is 8.78 Å². The lowest BCUT2D eigenvalue weighted by molar-refractivity contribution is -0.904. The molecule has 3 aromatic rings. The molecule has 2 atom stereocenters. The maximum absolute atomic E-state index is 13.5. The van der Waals surface area contributed by atoms with Crippen molar-refractivity contribution in [2.75, 3.05) is 18.9 Å². The number of hydrogen-bond donors (Lipinski definition) is 2. The molecule has 42 heavy (non-hydrogen) atoms. The Kier molecular flexibility index (Phi) is 9.27. The van der Waals surface area contributed by atoms with E-state index >= 15 is 0 Å². The zero-order valence-electron chi connectivity index (χ0n) is 21.5. The van der Waals surface area contributed by atoms with Crippen molar-refractivity contribution in [3.63, 3.8) is 0 Å². The van der Waals surface area contributed by atoms with Gasteiger partial charge in [-0.15, -0.1) is 11.8 Å². The molecule has 1 aromatic carbocycles. The first-order valence-electron chi connectivity index (χ1n) is 12.5. The molecule has 5 rings (SSSR count). The highest BCUT2D eigenvalue weighted by molar-refractivity contribution is 8.02. The lowest BCUT2D eigenvalue weighted by atomic mass is 10.0. The van der Waals surface area contributed by atoms with E-state index < -0.39 is 39.2 Å². The Labute approximate surface area is 252 Å². The number of hydrogen-bond acceptors (Lipinski definition) is 10. The highest BCUT2D eigenvalue weighted by atomic mass is 35.5. The molecule has 12 nitrogen and oxygen atoms in total. The number of aromatic nitrogens is 4. The quantitative estimate of drug-likeness (QED) is 0.167. The summed E-state index contributed by atoms with van der Waals surface area (Å²) in [7, 11) is -4.20. The summed E-state index contributed by atoms with van der Waals surface area (Å²) in [6, 6.07) is 4.10. The predicted octanol–water partition coefficient (Wildman–Crippen LogP) is 3.62. The molecule has 2 aliphatic rings. The number of nitrogens with one attached hydrogen (secondary N) is 1. The van der Waals surface area contributed by atoms with Crippen LogP contribution in [-0.4, -0.2) is 70.0 Å². The Bertz CT molecular complexity index is 1520. The fourth-order valence-corrected chi connectivity index (χ4v) is 7.66. The summed E-state index contributed by atoms with van der Waals surface area (Å²) < 4.78 is 70.3. The zero-order chi connectivity index (χ0) is 30.0. The van der Waals surface area contributed by atoms with E-state index in [1.807, 2.05) is 0 Å². The summed E-state index contributed by atoms with van der Waals surface area (Å²) in [6.07, 6.45) is 4.05. The molecular weight excluding hydrogens is 643 g/mol. The van der Waals surface area contributed by atoms with E-state index in [0.717, 1.165) is 35.2 Å². The Morgan fingerprint density at radius 1 is 1.24 bits per heavy atom. The van der Waals surface area contributed by atoms with Gasteiger partial charge in [-0.3, -0.25) is 5.21 Å². The van der Waals surface area contributed by atoms with E-state index in [-0.39, 0.29) is 41.1 Å². The molecule has 1 saturated heterocycles.